The molecule has 1 heterocycles. The van der Waals surface area contributed by atoms with E-state index in [1.165, 1.54) is 6.20 Å². The Balaban J connectivity index is 2.59. The average Bonchev–Trinajstić information content (AvgIpc) is 2.86. The van der Waals surface area contributed by atoms with Crippen LogP contribution in [0.2, 0.25) is 0 Å². The van der Waals surface area contributed by atoms with Crippen LogP contribution in [0.15, 0.2) is 17.3 Å². The number of aryl methyl sites for hydroxylation is 1. The molecule has 1 rings (SSSR count). The summed E-state index contributed by atoms with van der Waals surface area (Å²) in [6.07, 6.45) is 3.90. The molecule has 20 heavy (non-hydrogen) atoms. The van der Waals surface area contributed by atoms with E-state index in [2.05, 4.69) is 29.0 Å². The molecule has 0 fully saturated rings. The van der Waals surface area contributed by atoms with Crippen LogP contribution in [-0.2, 0) is 16.6 Å². The SMILES string of the molecule is CNCCCn1cc(S(=O)(=O)NCC(C)C(C)C)cn1. The molecule has 0 bridgehead atoms. The van der Waals surface area contributed by atoms with E-state index in [4.69, 9.17) is 0 Å². The van der Waals surface area contributed by atoms with Crippen molar-refractivity contribution in [1.82, 2.24) is 19.8 Å². The maximum absolute atomic E-state index is 12.1. The third-order valence-electron chi connectivity index (χ3n) is 3.47. The molecule has 0 spiro atoms. The van der Waals surface area contributed by atoms with E-state index in [-0.39, 0.29) is 4.90 Å². The van der Waals surface area contributed by atoms with Crippen molar-refractivity contribution in [2.75, 3.05) is 20.1 Å². The van der Waals surface area contributed by atoms with Crippen LogP contribution in [0.3, 0.4) is 0 Å². The summed E-state index contributed by atoms with van der Waals surface area (Å²) in [6, 6.07) is 0. The van der Waals surface area contributed by atoms with E-state index < -0.39 is 10.0 Å². The van der Waals surface area contributed by atoms with Gasteiger partial charge in [-0.05, 0) is 31.8 Å². The zero-order valence-corrected chi connectivity index (χ0v) is 13.6. The van der Waals surface area contributed by atoms with Crippen molar-refractivity contribution in [3.05, 3.63) is 12.4 Å². The molecular formula is C13H26N4O2S. The second-order valence-electron chi connectivity index (χ2n) is 5.47. The lowest BCUT2D eigenvalue weighted by Crippen LogP contribution is -2.30. The lowest BCUT2D eigenvalue weighted by Gasteiger charge is -2.15. The van der Waals surface area contributed by atoms with Crippen molar-refractivity contribution in [3.8, 4) is 0 Å². The van der Waals surface area contributed by atoms with Gasteiger partial charge >= 0.3 is 0 Å². The largest absolute Gasteiger partial charge is 0.320 e. The fourth-order valence-corrected chi connectivity index (χ4v) is 2.68. The number of hydrogen-bond acceptors (Lipinski definition) is 4. The van der Waals surface area contributed by atoms with Gasteiger partial charge < -0.3 is 5.32 Å². The highest BCUT2D eigenvalue weighted by molar-refractivity contribution is 7.89. The van der Waals surface area contributed by atoms with Gasteiger partial charge in [0.2, 0.25) is 10.0 Å². The van der Waals surface area contributed by atoms with E-state index in [0.717, 1.165) is 13.0 Å². The zero-order chi connectivity index (χ0) is 15.2. The van der Waals surface area contributed by atoms with Crippen molar-refractivity contribution in [3.63, 3.8) is 0 Å². The summed E-state index contributed by atoms with van der Waals surface area (Å²) in [6.45, 7) is 8.24. The Kier molecular flexibility index (Phi) is 6.64. The molecule has 1 aromatic rings. The monoisotopic (exact) mass is 302 g/mol. The Morgan fingerprint density at radius 2 is 2.05 bits per heavy atom. The Hall–Kier alpha value is -0.920. The van der Waals surface area contributed by atoms with Crippen molar-refractivity contribution in [1.29, 1.82) is 0 Å². The van der Waals surface area contributed by atoms with Crippen molar-refractivity contribution < 1.29 is 8.42 Å². The maximum Gasteiger partial charge on any atom is 0.243 e. The predicted molar refractivity (Wildman–Crippen MR) is 80.0 cm³/mol. The molecule has 0 amide bonds. The van der Waals surface area contributed by atoms with Gasteiger partial charge in [-0.2, -0.15) is 5.10 Å². The molecule has 2 N–H and O–H groups in total. The highest BCUT2D eigenvalue weighted by Crippen LogP contribution is 2.11. The Morgan fingerprint density at radius 3 is 2.65 bits per heavy atom. The van der Waals surface area contributed by atoms with Gasteiger partial charge in [0, 0.05) is 19.3 Å². The van der Waals surface area contributed by atoms with Crippen LogP contribution < -0.4 is 10.0 Å². The molecule has 6 nitrogen and oxygen atoms in total. The molecule has 1 atom stereocenters. The number of sulfonamides is 1. The summed E-state index contributed by atoms with van der Waals surface area (Å²) in [5, 5.41) is 7.13. The van der Waals surface area contributed by atoms with Crippen LogP contribution in [0.25, 0.3) is 0 Å². The molecule has 7 heteroatoms. The first-order valence-electron chi connectivity index (χ1n) is 7.03. The number of hydrogen-bond donors (Lipinski definition) is 2. The van der Waals surface area contributed by atoms with E-state index >= 15 is 0 Å². The average molecular weight is 302 g/mol. The third-order valence-corrected chi connectivity index (χ3v) is 4.85. The first kappa shape index (κ1) is 17.1. The topological polar surface area (TPSA) is 76.0 Å². The molecule has 0 aromatic carbocycles. The predicted octanol–water partition coefficient (Wildman–Crippen LogP) is 1.06. The van der Waals surface area contributed by atoms with Crippen LogP contribution >= 0.6 is 0 Å². The fraction of sp³-hybridized carbons (Fsp3) is 0.769. The molecule has 0 radical (unpaired) electrons. The summed E-state index contributed by atoms with van der Waals surface area (Å²) < 4.78 is 28.6. The smallest absolute Gasteiger partial charge is 0.243 e. The molecule has 0 saturated carbocycles. The van der Waals surface area contributed by atoms with Crippen molar-refractivity contribution in [2.45, 2.75) is 38.6 Å². The maximum atomic E-state index is 12.1. The van der Waals surface area contributed by atoms with E-state index in [1.807, 2.05) is 14.0 Å². The van der Waals surface area contributed by atoms with Crippen LogP contribution in [0, 0.1) is 11.8 Å². The van der Waals surface area contributed by atoms with Crippen LogP contribution in [0.4, 0.5) is 0 Å². The van der Waals surface area contributed by atoms with E-state index in [0.29, 0.717) is 24.9 Å². The van der Waals surface area contributed by atoms with Crippen LogP contribution in [0.1, 0.15) is 27.2 Å². The van der Waals surface area contributed by atoms with Gasteiger partial charge in [0.05, 0.1) is 6.20 Å². The lowest BCUT2D eigenvalue weighted by molar-refractivity contribution is 0.414. The molecule has 1 aromatic heterocycles. The minimum atomic E-state index is -3.45. The van der Waals surface area contributed by atoms with Crippen LogP contribution in [0.5, 0.6) is 0 Å². The minimum Gasteiger partial charge on any atom is -0.320 e. The highest BCUT2D eigenvalue weighted by atomic mass is 32.2. The third kappa shape index (κ3) is 5.22. The van der Waals surface area contributed by atoms with E-state index in [1.54, 1.807) is 10.9 Å². The first-order chi connectivity index (χ1) is 9.36. The zero-order valence-electron chi connectivity index (χ0n) is 12.8. The minimum absolute atomic E-state index is 0.234. The molecule has 116 valence electrons. The molecule has 0 aliphatic carbocycles. The quantitative estimate of drug-likeness (QED) is 0.669. The van der Waals surface area contributed by atoms with Gasteiger partial charge in [-0.15, -0.1) is 0 Å². The van der Waals surface area contributed by atoms with E-state index in [9.17, 15) is 8.42 Å². The van der Waals surface area contributed by atoms with Crippen molar-refractivity contribution in [2.24, 2.45) is 11.8 Å². The van der Waals surface area contributed by atoms with Gasteiger partial charge in [-0.25, -0.2) is 13.1 Å². The number of nitrogens with one attached hydrogen (secondary N) is 2. The second kappa shape index (κ2) is 7.75. The van der Waals surface area contributed by atoms with Gasteiger partial charge in [-0.3, -0.25) is 4.68 Å². The molecule has 0 saturated heterocycles. The molecule has 0 aliphatic rings. The van der Waals surface area contributed by atoms with Gasteiger partial charge in [-0.1, -0.05) is 20.8 Å². The van der Waals surface area contributed by atoms with Crippen LogP contribution in [-0.4, -0.2) is 38.3 Å². The molecule has 1 unspecified atom stereocenters. The Morgan fingerprint density at radius 1 is 1.35 bits per heavy atom. The lowest BCUT2D eigenvalue weighted by atomic mass is 9.99. The van der Waals surface area contributed by atoms with Crippen molar-refractivity contribution >= 4 is 10.0 Å². The van der Waals surface area contributed by atoms with Gasteiger partial charge in [0.25, 0.3) is 0 Å². The van der Waals surface area contributed by atoms with Gasteiger partial charge in [0.1, 0.15) is 4.90 Å². The number of nitrogens with zero attached hydrogens (tertiary/aromatic N) is 2. The normalized spacial score (nSPS) is 13.8. The standard InChI is InChI=1S/C13H26N4O2S/c1-11(2)12(3)8-16-20(18,19)13-9-15-17(10-13)7-5-6-14-4/h9-12,14,16H,5-8H2,1-4H3. The number of rotatable bonds is 9. The highest BCUT2D eigenvalue weighted by Gasteiger charge is 2.18. The summed E-state index contributed by atoms with van der Waals surface area (Å²) in [5.74, 6) is 0.748. The Bertz CT molecular complexity index is 496. The molecular weight excluding hydrogens is 276 g/mol. The fourth-order valence-electron chi connectivity index (χ4n) is 1.58. The second-order valence-corrected chi connectivity index (χ2v) is 7.24. The first-order valence-corrected chi connectivity index (χ1v) is 8.52. The summed E-state index contributed by atoms with van der Waals surface area (Å²) in [5.41, 5.74) is 0. The molecule has 0 aliphatic heterocycles. The summed E-state index contributed by atoms with van der Waals surface area (Å²) in [7, 11) is -1.56. The van der Waals surface area contributed by atoms with Gasteiger partial charge in [0.15, 0.2) is 0 Å². The number of aromatic nitrogens is 2. The Labute approximate surface area is 122 Å². The summed E-state index contributed by atoms with van der Waals surface area (Å²) in [4.78, 5) is 0.234. The summed E-state index contributed by atoms with van der Waals surface area (Å²) >= 11 is 0.